The first-order chi connectivity index (χ1) is 6.66. The molecule has 1 saturated carbocycles. The molecule has 0 radical (unpaired) electrons. The zero-order valence-corrected chi connectivity index (χ0v) is 10.7. The van der Waals surface area contributed by atoms with Crippen molar-refractivity contribution in [1.82, 2.24) is 0 Å². The van der Waals surface area contributed by atoms with Gasteiger partial charge in [-0.25, -0.2) is 4.39 Å². The van der Waals surface area contributed by atoms with E-state index in [0.717, 1.165) is 22.4 Å². The van der Waals surface area contributed by atoms with Crippen LogP contribution in [-0.4, -0.2) is 0 Å². The van der Waals surface area contributed by atoms with Crippen LogP contribution in [0.15, 0.2) is 22.7 Å². The molecule has 2 rings (SSSR count). The highest BCUT2D eigenvalue weighted by Gasteiger charge is 2.25. The molecule has 0 heterocycles. The van der Waals surface area contributed by atoms with Crippen LogP contribution in [0.4, 0.5) is 4.39 Å². The van der Waals surface area contributed by atoms with Crippen LogP contribution in [-0.2, 0) is 0 Å². The third-order valence-corrected chi connectivity index (χ3v) is 3.33. The van der Waals surface area contributed by atoms with Crippen molar-refractivity contribution < 1.29 is 4.39 Å². The average molecular weight is 295 g/mol. The summed E-state index contributed by atoms with van der Waals surface area (Å²) in [7, 11) is 0. The minimum atomic E-state index is -0.223. The van der Waals surface area contributed by atoms with E-state index in [1.54, 1.807) is 6.07 Å². The molecule has 1 aromatic carbocycles. The zero-order valence-electron chi connectivity index (χ0n) is 8.25. The van der Waals surface area contributed by atoms with Gasteiger partial charge in [0.1, 0.15) is 5.82 Å². The van der Waals surface area contributed by atoms with E-state index >= 15 is 0 Å². The van der Waals surface area contributed by atoms with E-state index in [9.17, 15) is 4.39 Å². The molecule has 1 fully saturated rings. The third kappa shape index (κ3) is 3.44. The van der Waals surface area contributed by atoms with Crippen LogP contribution in [0.25, 0.3) is 0 Å². The second kappa shape index (κ2) is 5.28. The molecule has 1 atom stereocenters. The summed E-state index contributed by atoms with van der Waals surface area (Å²) in [6.07, 6.45) is 3.61. The Balaban J connectivity index is 0.00000112. The molecule has 0 spiro atoms. The van der Waals surface area contributed by atoms with Gasteiger partial charge in [0.05, 0.1) is 0 Å². The number of benzene rings is 1. The smallest absolute Gasteiger partial charge is 0.124 e. The summed E-state index contributed by atoms with van der Waals surface area (Å²) >= 11 is 3.34. The molecule has 84 valence electrons. The van der Waals surface area contributed by atoms with E-state index in [1.807, 2.05) is 0 Å². The number of hydrogen-bond acceptors (Lipinski definition) is 1. The monoisotopic (exact) mass is 293 g/mol. The van der Waals surface area contributed by atoms with E-state index in [4.69, 9.17) is 5.73 Å². The predicted octanol–water partition coefficient (Wildman–Crippen LogP) is 3.81. The lowest BCUT2D eigenvalue weighted by Crippen LogP contribution is -2.11. The van der Waals surface area contributed by atoms with E-state index in [2.05, 4.69) is 15.9 Å². The Kier molecular flexibility index (Phi) is 4.56. The lowest BCUT2D eigenvalue weighted by atomic mass is 10.0. The first-order valence-corrected chi connectivity index (χ1v) is 5.66. The first-order valence-electron chi connectivity index (χ1n) is 4.87. The van der Waals surface area contributed by atoms with Gasteiger partial charge < -0.3 is 5.73 Å². The zero-order chi connectivity index (χ0) is 10.1. The van der Waals surface area contributed by atoms with Crippen molar-refractivity contribution >= 4 is 28.3 Å². The molecular formula is C11H14BrClFN. The number of hydrogen-bond donors (Lipinski definition) is 1. The van der Waals surface area contributed by atoms with Gasteiger partial charge in [-0.1, -0.05) is 34.8 Å². The Labute approximate surface area is 104 Å². The fourth-order valence-electron chi connectivity index (χ4n) is 1.64. The summed E-state index contributed by atoms with van der Waals surface area (Å²) in [5.41, 5.74) is 7.05. The Bertz CT molecular complexity index is 341. The van der Waals surface area contributed by atoms with Crippen molar-refractivity contribution in [2.24, 2.45) is 11.7 Å². The first kappa shape index (κ1) is 12.9. The minimum absolute atomic E-state index is 0. The summed E-state index contributed by atoms with van der Waals surface area (Å²) in [6.45, 7) is 0. The molecule has 2 N–H and O–H groups in total. The second-order valence-electron chi connectivity index (χ2n) is 3.95. The molecule has 1 aromatic rings. The second-order valence-corrected chi connectivity index (χ2v) is 4.81. The van der Waals surface area contributed by atoms with Crippen molar-refractivity contribution in [2.45, 2.75) is 25.3 Å². The summed E-state index contributed by atoms with van der Waals surface area (Å²) in [4.78, 5) is 0. The van der Waals surface area contributed by atoms with Crippen molar-refractivity contribution in [2.75, 3.05) is 0 Å². The van der Waals surface area contributed by atoms with Crippen molar-refractivity contribution in [1.29, 1.82) is 0 Å². The Morgan fingerprint density at radius 1 is 1.47 bits per heavy atom. The highest BCUT2D eigenvalue weighted by Crippen LogP contribution is 2.38. The maximum atomic E-state index is 12.8. The topological polar surface area (TPSA) is 26.0 Å². The van der Waals surface area contributed by atoms with Crippen LogP contribution in [0, 0.1) is 11.7 Å². The Morgan fingerprint density at radius 3 is 2.67 bits per heavy atom. The molecule has 1 aliphatic rings. The molecule has 0 unspecified atom stereocenters. The predicted molar refractivity (Wildman–Crippen MR) is 65.6 cm³/mol. The van der Waals surface area contributed by atoms with E-state index in [0.29, 0.717) is 0 Å². The van der Waals surface area contributed by atoms with Gasteiger partial charge in [0.2, 0.25) is 0 Å². The highest BCUT2D eigenvalue weighted by atomic mass is 79.9. The largest absolute Gasteiger partial charge is 0.324 e. The van der Waals surface area contributed by atoms with Crippen LogP contribution >= 0.6 is 28.3 Å². The van der Waals surface area contributed by atoms with Crippen LogP contribution in [0.3, 0.4) is 0 Å². The lowest BCUT2D eigenvalue weighted by Gasteiger charge is -2.13. The van der Waals surface area contributed by atoms with Gasteiger partial charge in [-0.15, -0.1) is 12.4 Å². The summed E-state index contributed by atoms with van der Waals surface area (Å²) in [5.74, 6) is 0.571. The van der Waals surface area contributed by atoms with Crippen LogP contribution in [0.2, 0.25) is 0 Å². The number of rotatable bonds is 3. The maximum absolute atomic E-state index is 12.8. The van der Waals surface area contributed by atoms with Crippen LogP contribution in [0.1, 0.15) is 30.9 Å². The van der Waals surface area contributed by atoms with E-state index < -0.39 is 0 Å². The molecule has 15 heavy (non-hydrogen) atoms. The van der Waals surface area contributed by atoms with E-state index in [1.165, 1.54) is 25.0 Å². The quantitative estimate of drug-likeness (QED) is 0.901. The van der Waals surface area contributed by atoms with Gasteiger partial charge in [-0.2, -0.15) is 0 Å². The lowest BCUT2D eigenvalue weighted by molar-refractivity contribution is 0.588. The molecule has 1 aliphatic carbocycles. The summed E-state index contributed by atoms with van der Waals surface area (Å²) < 4.78 is 13.6. The van der Waals surface area contributed by atoms with Crippen molar-refractivity contribution in [3.8, 4) is 0 Å². The summed E-state index contributed by atoms with van der Waals surface area (Å²) in [5, 5.41) is 0. The number of halogens is 3. The molecule has 1 nitrogen and oxygen atoms in total. The van der Waals surface area contributed by atoms with Gasteiger partial charge in [-0.05, 0) is 30.0 Å². The fraction of sp³-hybridized carbons (Fsp3) is 0.455. The maximum Gasteiger partial charge on any atom is 0.124 e. The van der Waals surface area contributed by atoms with Crippen LogP contribution in [0.5, 0.6) is 0 Å². The molecule has 0 bridgehead atoms. The van der Waals surface area contributed by atoms with Gasteiger partial charge in [0.15, 0.2) is 0 Å². The van der Waals surface area contributed by atoms with Gasteiger partial charge >= 0.3 is 0 Å². The molecule has 0 aliphatic heterocycles. The van der Waals surface area contributed by atoms with Gasteiger partial charge in [0.25, 0.3) is 0 Å². The van der Waals surface area contributed by atoms with Crippen molar-refractivity contribution in [3.05, 3.63) is 34.1 Å². The Morgan fingerprint density at radius 2 is 2.13 bits per heavy atom. The SMILES string of the molecule is Cl.N[C@H](CC1CC1)c1ccc(F)cc1Br. The van der Waals surface area contributed by atoms with Crippen LogP contribution < -0.4 is 5.73 Å². The molecule has 0 aromatic heterocycles. The van der Waals surface area contributed by atoms with Gasteiger partial charge in [-0.3, -0.25) is 0 Å². The molecule has 0 saturated heterocycles. The normalized spacial score (nSPS) is 17.0. The summed E-state index contributed by atoms with van der Waals surface area (Å²) in [6, 6.07) is 4.75. The Hall–Kier alpha value is -0.120. The number of nitrogens with two attached hydrogens (primary N) is 1. The molecular weight excluding hydrogens is 280 g/mol. The fourth-order valence-corrected chi connectivity index (χ4v) is 2.29. The molecule has 4 heteroatoms. The average Bonchev–Trinajstić information content (AvgIpc) is 2.87. The highest BCUT2D eigenvalue weighted by molar-refractivity contribution is 9.10. The van der Waals surface area contributed by atoms with Crippen molar-refractivity contribution in [3.63, 3.8) is 0 Å². The van der Waals surface area contributed by atoms with E-state index in [-0.39, 0.29) is 24.3 Å². The molecule has 0 amide bonds. The minimum Gasteiger partial charge on any atom is -0.324 e. The standard InChI is InChI=1S/C11H13BrFN.ClH/c12-10-6-8(13)3-4-9(10)11(14)5-7-1-2-7;/h3-4,6-7,11H,1-2,5,14H2;1H/t11-;/m1./s1. The van der Waals surface area contributed by atoms with Gasteiger partial charge in [0, 0.05) is 10.5 Å². The third-order valence-electron chi connectivity index (χ3n) is 2.65.